The van der Waals surface area contributed by atoms with Crippen LogP contribution in [0, 0.1) is 0 Å². The van der Waals surface area contributed by atoms with Crippen molar-refractivity contribution >= 4 is 44.3 Å². The van der Waals surface area contributed by atoms with Crippen molar-refractivity contribution in [2.45, 2.75) is 0 Å². The molecule has 2 aromatic carbocycles. The third-order valence-corrected chi connectivity index (χ3v) is 4.44. The van der Waals surface area contributed by atoms with Gasteiger partial charge in [-0.15, -0.1) is 0 Å². The highest BCUT2D eigenvalue weighted by Crippen LogP contribution is 2.35. The highest BCUT2D eigenvalue weighted by atomic mass is 32.1. The van der Waals surface area contributed by atoms with Crippen LogP contribution < -0.4 is 0 Å². The lowest BCUT2D eigenvalue weighted by Crippen LogP contribution is -1.76. The van der Waals surface area contributed by atoms with Crippen LogP contribution in [0.2, 0.25) is 0 Å². The summed E-state index contributed by atoms with van der Waals surface area (Å²) in [5, 5.41) is 2.19. The number of rotatable bonds is 1. The van der Waals surface area contributed by atoms with Gasteiger partial charge in [-0.2, -0.15) is 0 Å². The highest BCUT2D eigenvalue weighted by molar-refractivity contribution is 7.15. The van der Waals surface area contributed by atoms with Gasteiger partial charge < -0.3 is 0 Å². The maximum absolute atomic E-state index is 11.4. The molecule has 4 aromatic rings. The van der Waals surface area contributed by atoms with Crippen LogP contribution in [-0.4, -0.2) is 10.1 Å². The summed E-state index contributed by atoms with van der Waals surface area (Å²) in [7, 11) is 0. The van der Waals surface area contributed by atoms with E-state index in [0.717, 1.165) is 33.7 Å². The molecule has 0 fully saturated rings. The Kier molecular flexibility index (Phi) is 1.88. The number of hydrogen-bond acceptors (Lipinski definition) is 2. The third-order valence-electron chi connectivity index (χ3n) is 3.32. The van der Waals surface area contributed by atoms with E-state index in [9.17, 15) is 4.79 Å². The number of benzene rings is 2. The summed E-state index contributed by atoms with van der Waals surface area (Å²) >= 11 is 1.69. The lowest BCUT2D eigenvalue weighted by atomic mass is 10.1. The summed E-state index contributed by atoms with van der Waals surface area (Å²) in [6, 6.07) is 16.3. The molecule has 4 rings (SSSR count). The molecule has 0 atom stereocenters. The van der Waals surface area contributed by atoms with Crippen molar-refractivity contribution in [1.82, 2.24) is 3.79 Å². The summed E-state index contributed by atoms with van der Waals surface area (Å²) < 4.78 is 3.37. The van der Waals surface area contributed by atoms with E-state index >= 15 is 0 Å². The van der Waals surface area contributed by atoms with Crippen molar-refractivity contribution in [2.75, 3.05) is 0 Å². The van der Waals surface area contributed by atoms with Gasteiger partial charge in [0.25, 0.3) is 0 Å². The molecule has 0 spiro atoms. The molecule has 2 nitrogen and oxygen atoms in total. The molecule has 0 saturated carbocycles. The number of para-hydroxylation sites is 1. The molecule has 2 heterocycles. The fourth-order valence-electron chi connectivity index (χ4n) is 2.54. The Labute approximate surface area is 107 Å². The fraction of sp³-hybridized carbons (Fsp3) is 0. The Bertz CT molecular complexity index is 895. The number of hydrogen-bond donors (Lipinski definition) is 0. The zero-order valence-electron chi connectivity index (χ0n) is 9.46. The van der Waals surface area contributed by atoms with Crippen LogP contribution in [0.25, 0.3) is 26.5 Å². The minimum atomic E-state index is 0.794. The number of nitrogens with zero attached hydrogens (tertiary/aromatic N) is 1. The SMILES string of the molecule is O=Cc1c2ccccc2n2sc3ccccc3c12. The van der Waals surface area contributed by atoms with E-state index in [4.69, 9.17) is 0 Å². The van der Waals surface area contributed by atoms with Gasteiger partial charge in [0.05, 0.1) is 15.7 Å². The molecule has 3 heteroatoms. The summed E-state index contributed by atoms with van der Waals surface area (Å²) in [5.74, 6) is 0. The molecule has 18 heavy (non-hydrogen) atoms. The number of fused-ring (bicyclic) bond motifs is 5. The summed E-state index contributed by atoms with van der Waals surface area (Å²) in [5.41, 5.74) is 2.94. The Hall–Kier alpha value is -2.13. The van der Waals surface area contributed by atoms with Crippen LogP contribution in [0.4, 0.5) is 0 Å². The zero-order chi connectivity index (χ0) is 12.1. The Morgan fingerprint density at radius 3 is 2.50 bits per heavy atom. The first-order chi connectivity index (χ1) is 8.90. The van der Waals surface area contributed by atoms with Crippen LogP contribution in [0.5, 0.6) is 0 Å². The second kappa shape index (κ2) is 3.43. The van der Waals surface area contributed by atoms with Gasteiger partial charge in [0.2, 0.25) is 0 Å². The largest absolute Gasteiger partial charge is 0.298 e. The molecular weight excluding hydrogens is 242 g/mol. The summed E-state index contributed by atoms with van der Waals surface area (Å²) in [6.07, 6.45) is 0.969. The molecule has 0 bridgehead atoms. The van der Waals surface area contributed by atoms with Gasteiger partial charge in [-0.3, -0.25) is 8.58 Å². The summed E-state index contributed by atoms with van der Waals surface area (Å²) in [6.45, 7) is 0. The monoisotopic (exact) mass is 251 g/mol. The lowest BCUT2D eigenvalue weighted by molar-refractivity contribution is 0.112. The number of carbonyl (C=O) groups excluding carboxylic acids is 1. The van der Waals surface area contributed by atoms with E-state index in [1.165, 1.54) is 4.70 Å². The average Bonchev–Trinajstić information content (AvgIpc) is 2.93. The first kappa shape index (κ1) is 9.85. The Morgan fingerprint density at radius 1 is 0.944 bits per heavy atom. The quantitative estimate of drug-likeness (QED) is 0.466. The van der Waals surface area contributed by atoms with E-state index in [0.29, 0.717) is 0 Å². The third kappa shape index (κ3) is 1.09. The first-order valence-corrected chi connectivity index (χ1v) is 6.54. The van der Waals surface area contributed by atoms with Gasteiger partial charge in [0.15, 0.2) is 6.29 Å². The van der Waals surface area contributed by atoms with Crippen LogP contribution in [0.15, 0.2) is 48.5 Å². The van der Waals surface area contributed by atoms with Crippen molar-refractivity contribution in [3.05, 3.63) is 54.1 Å². The van der Waals surface area contributed by atoms with Crippen LogP contribution >= 0.6 is 11.5 Å². The predicted octanol–water partition coefficient (Wildman–Crippen LogP) is 4.12. The molecule has 0 aliphatic heterocycles. The molecule has 0 saturated heterocycles. The van der Waals surface area contributed by atoms with Crippen LogP contribution in [-0.2, 0) is 0 Å². The fourth-order valence-corrected chi connectivity index (χ4v) is 3.69. The van der Waals surface area contributed by atoms with Crippen LogP contribution in [0.3, 0.4) is 0 Å². The average molecular weight is 251 g/mol. The number of carbonyl (C=O) groups is 1. The minimum absolute atomic E-state index is 0.794. The molecule has 2 aromatic heterocycles. The van der Waals surface area contributed by atoms with Gasteiger partial charge in [-0.1, -0.05) is 47.9 Å². The maximum Gasteiger partial charge on any atom is 0.152 e. The van der Waals surface area contributed by atoms with E-state index in [-0.39, 0.29) is 0 Å². The Morgan fingerprint density at radius 2 is 1.67 bits per heavy atom. The normalized spacial score (nSPS) is 11.6. The van der Waals surface area contributed by atoms with Gasteiger partial charge in [-0.05, 0) is 12.1 Å². The van der Waals surface area contributed by atoms with E-state index in [1.54, 1.807) is 11.5 Å². The van der Waals surface area contributed by atoms with Crippen molar-refractivity contribution < 1.29 is 4.79 Å². The lowest BCUT2D eigenvalue weighted by Gasteiger charge is -1.90. The molecule has 0 radical (unpaired) electrons. The smallest absolute Gasteiger partial charge is 0.152 e. The molecule has 0 aliphatic rings. The maximum atomic E-state index is 11.4. The first-order valence-electron chi connectivity index (χ1n) is 5.76. The van der Waals surface area contributed by atoms with Gasteiger partial charge in [0, 0.05) is 16.3 Å². The highest BCUT2D eigenvalue weighted by Gasteiger charge is 2.15. The molecule has 0 N–H and O–H groups in total. The topological polar surface area (TPSA) is 21.5 Å². The second-order valence-electron chi connectivity index (χ2n) is 4.28. The van der Waals surface area contributed by atoms with Gasteiger partial charge >= 0.3 is 0 Å². The zero-order valence-corrected chi connectivity index (χ0v) is 10.3. The van der Waals surface area contributed by atoms with Crippen molar-refractivity contribution in [1.29, 1.82) is 0 Å². The molecular formula is C15H9NOS. The Balaban J connectivity index is 2.40. The van der Waals surface area contributed by atoms with E-state index in [1.807, 2.05) is 30.3 Å². The van der Waals surface area contributed by atoms with Gasteiger partial charge in [0.1, 0.15) is 0 Å². The standard InChI is InChI=1S/C15H9NOS/c17-9-12-10-5-1-3-7-13(10)16-15(12)11-6-2-4-8-14(11)18-16/h1-9H. The van der Waals surface area contributed by atoms with Gasteiger partial charge in [-0.25, -0.2) is 0 Å². The van der Waals surface area contributed by atoms with Crippen LogP contribution in [0.1, 0.15) is 10.4 Å². The number of aromatic nitrogens is 1. The molecule has 0 aliphatic carbocycles. The summed E-state index contributed by atoms with van der Waals surface area (Å²) in [4.78, 5) is 11.4. The minimum Gasteiger partial charge on any atom is -0.298 e. The van der Waals surface area contributed by atoms with E-state index < -0.39 is 0 Å². The molecule has 0 unspecified atom stereocenters. The van der Waals surface area contributed by atoms with E-state index in [2.05, 4.69) is 22.0 Å². The molecule has 86 valence electrons. The predicted molar refractivity (Wildman–Crippen MR) is 75.7 cm³/mol. The second-order valence-corrected chi connectivity index (χ2v) is 5.27. The molecule has 0 amide bonds. The van der Waals surface area contributed by atoms with Crippen molar-refractivity contribution in [3.8, 4) is 0 Å². The van der Waals surface area contributed by atoms with Crippen molar-refractivity contribution in [2.24, 2.45) is 0 Å². The van der Waals surface area contributed by atoms with Crippen molar-refractivity contribution in [3.63, 3.8) is 0 Å². The number of aldehydes is 1.